The molecule has 0 radical (unpaired) electrons. The fraction of sp³-hybridized carbons (Fsp3) is 0.636. The van der Waals surface area contributed by atoms with E-state index in [1.807, 2.05) is 11.3 Å². The van der Waals surface area contributed by atoms with Crippen molar-refractivity contribution in [2.24, 2.45) is 0 Å². The molecule has 0 spiro atoms. The molecule has 1 N–H and O–H groups in total. The van der Waals surface area contributed by atoms with Gasteiger partial charge in [0.05, 0.1) is 0 Å². The van der Waals surface area contributed by atoms with E-state index >= 15 is 0 Å². The summed E-state index contributed by atoms with van der Waals surface area (Å²) in [6.45, 7) is 6.56. The van der Waals surface area contributed by atoms with Crippen LogP contribution in [0.15, 0.2) is 10.5 Å². The van der Waals surface area contributed by atoms with Gasteiger partial charge in [0.25, 0.3) is 0 Å². The van der Waals surface area contributed by atoms with E-state index in [1.165, 1.54) is 33.5 Å². The Balaban J connectivity index is 2.18. The second-order valence-corrected chi connectivity index (χ2v) is 5.62. The zero-order valence-electron chi connectivity index (χ0n) is 8.90. The summed E-state index contributed by atoms with van der Waals surface area (Å²) < 4.78 is 1.27. The van der Waals surface area contributed by atoms with E-state index in [0.29, 0.717) is 0 Å². The van der Waals surface area contributed by atoms with Crippen LogP contribution in [-0.2, 0) is 6.42 Å². The van der Waals surface area contributed by atoms with E-state index < -0.39 is 0 Å². The van der Waals surface area contributed by atoms with E-state index in [0.717, 1.165) is 13.1 Å². The molecule has 0 aliphatic heterocycles. The van der Waals surface area contributed by atoms with E-state index in [4.69, 9.17) is 0 Å². The summed E-state index contributed by atoms with van der Waals surface area (Å²) in [4.78, 5) is 2.90. The molecule has 1 heterocycles. The number of nitrogens with one attached hydrogen (secondary N) is 1. The van der Waals surface area contributed by atoms with Gasteiger partial charge in [0, 0.05) is 14.2 Å². The molecule has 0 saturated carbocycles. The third-order valence-electron chi connectivity index (χ3n) is 2.18. The van der Waals surface area contributed by atoms with Crippen LogP contribution in [0.4, 0.5) is 0 Å². The summed E-state index contributed by atoms with van der Waals surface area (Å²) in [6, 6.07) is 2.26. The van der Waals surface area contributed by atoms with Crippen LogP contribution < -0.4 is 5.32 Å². The van der Waals surface area contributed by atoms with Gasteiger partial charge in [0.2, 0.25) is 0 Å². The number of rotatable bonds is 6. The van der Waals surface area contributed by atoms with Crippen molar-refractivity contribution in [1.29, 1.82) is 0 Å². The summed E-state index contributed by atoms with van der Waals surface area (Å²) in [5, 5.41) is 3.35. The van der Waals surface area contributed by atoms with Crippen LogP contribution in [0.1, 0.15) is 29.5 Å². The zero-order valence-corrected chi connectivity index (χ0v) is 11.3. The number of aryl methyl sites for hydroxylation is 2. The molecule has 0 fully saturated rings. The van der Waals surface area contributed by atoms with Gasteiger partial charge in [-0.1, -0.05) is 6.92 Å². The third-order valence-corrected chi connectivity index (χ3v) is 4.38. The zero-order chi connectivity index (χ0) is 10.4. The van der Waals surface area contributed by atoms with E-state index in [-0.39, 0.29) is 0 Å². The summed E-state index contributed by atoms with van der Waals surface area (Å²) in [5.74, 6) is 0. The van der Waals surface area contributed by atoms with Crippen LogP contribution in [0.25, 0.3) is 0 Å². The molecule has 0 unspecified atom stereocenters. The molecule has 1 aromatic rings. The maximum absolute atomic E-state index is 3.55. The first-order chi connectivity index (χ1) is 6.74. The van der Waals surface area contributed by atoms with Gasteiger partial charge in [0.15, 0.2) is 0 Å². The lowest BCUT2D eigenvalue weighted by Gasteiger charge is -1.99. The summed E-state index contributed by atoms with van der Waals surface area (Å²) in [7, 11) is 0. The average molecular weight is 276 g/mol. The molecule has 0 saturated heterocycles. The summed E-state index contributed by atoms with van der Waals surface area (Å²) in [6.07, 6.45) is 3.80. The highest BCUT2D eigenvalue weighted by atomic mass is 79.9. The minimum Gasteiger partial charge on any atom is -0.317 e. The highest BCUT2D eigenvalue weighted by Gasteiger charge is 2.01. The van der Waals surface area contributed by atoms with Crippen molar-refractivity contribution in [2.45, 2.75) is 33.1 Å². The SMILES string of the molecule is CCNCCCCc1cc(Br)c(C)s1. The molecule has 3 heteroatoms. The predicted octanol–water partition coefficient (Wildman–Crippen LogP) is 3.75. The average Bonchev–Trinajstić information content (AvgIpc) is 2.46. The number of halogens is 1. The topological polar surface area (TPSA) is 12.0 Å². The van der Waals surface area contributed by atoms with Gasteiger partial charge >= 0.3 is 0 Å². The van der Waals surface area contributed by atoms with Crippen LogP contribution in [-0.4, -0.2) is 13.1 Å². The van der Waals surface area contributed by atoms with Crippen molar-refractivity contribution in [1.82, 2.24) is 5.32 Å². The Kier molecular flexibility index (Phi) is 5.75. The fourth-order valence-electron chi connectivity index (χ4n) is 1.37. The van der Waals surface area contributed by atoms with Gasteiger partial charge in [-0.3, -0.25) is 0 Å². The Labute approximate surface area is 99.0 Å². The molecular formula is C11H18BrNS. The number of unbranched alkanes of at least 4 members (excludes halogenated alkanes) is 1. The molecule has 14 heavy (non-hydrogen) atoms. The first-order valence-corrected chi connectivity index (χ1v) is 6.80. The predicted molar refractivity (Wildman–Crippen MR) is 68.2 cm³/mol. The third kappa shape index (κ3) is 4.11. The van der Waals surface area contributed by atoms with Crippen LogP contribution in [0.5, 0.6) is 0 Å². The highest BCUT2D eigenvalue weighted by molar-refractivity contribution is 9.10. The molecule has 0 aromatic carbocycles. The lowest BCUT2D eigenvalue weighted by Crippen LogP contribution is -2.13. The number of thiophene rings is 1. The van der Waals surface area contributed by atoms with Crippen LogP contribution >= 0.6 is 27.3 Å². The molecular weight excluding hydrogens is 258 g/mol. The van der Waals surface area contributed by atoms with Gasteiger partial charge in [0.1, 0.15) is 0 Å². The molecule has 0 aliphatic rings. The van der Waals surface area contributed by atoms with Crippen LogP contribution in [0.3, 0.4) is 0 Å². The Morgan fingerprint density at radius 2 is 2.21 bits per heavy atom. The maximum atomic E-state index is 3.55. The smallest absolute Gasteiger partial charge is 0.0314 e. The Morgan fingerprint density at radius 1 is 1.43 bits per heavy atom. The van der Waals surface area contributed by atoms with Crippen LogP contribution in [0.2, 0.25) is 0 Å². The largest absolute Gasteiger partial charge is 0.317 e. The van der Waals surface area contributed by atoms with Gasteiger partial charge in [-0.05, 0) is 61.3 Å². The second kappa shape index (κ2) is 6.59. The van der Waals surface area contributed by atoms with Crippen molar-refractivity contribution in [3.05, 3.63) is 20.3 Å². The van der Waals surface area contributed by atoms with E-state index in [2.05, 4.69) is 41.2 Å². The fourth-order valence-corrected chi connectivity index (χ4v) is 3.01. The molecule has 0 amide bonds. The molecule has 0 atom stereocenters. The Morgan fingerprint density at radius 3 is 2.79 bits per heavy atom. The van der Waals surface area contributed by atoms with E-state index in [1.54, 1.807) is 0 Å². The molecule has 0 bridgehead atoms. The van der Waals surface area contributed by atoms with Crippen molar-refractivity contribution < 1.29 is 0 Å². The quantitative estimate of drug-likeness (QED) is 0.780. The van der Waals surface area contributed by atoms with Crippen molar-refractivity contribution in [2.75, 3.05) is 13.1 Å². The highest BCUT2D eigenvalue weighted by Crippen LogP contribution is 2.27. The van der Waals surface area contributed by atoms with E-state index in [9.17, 15) is 0 Å². The minimum absolute atomic E-state index is 1.09. The Bertz CT molecular complexity index is 251. The molecule has 1 rings (SSSR count). The standard InChI is InChI=1S/C11H18BrNS/c1-3-13-7-5-4-6-10-8-11(12)9(2)14-10/h8,13H,3-7H2,1-2H3. The molecule has 80 valence electrons. The molecule has 1 nitrogen and oxygen atoms in total. The summed E-state index contributed by atoms with van der Waals surface area (Å²) >= 11 is 5.46. The van der Waals surface area contributed by atoms with Crippen molar-refractivity contribution in [3.8, 4) is 0 Å². The maximum Gasteiger partial charge on any atom is 0.0314 e. The van der Waals surface area contributed by atoms with Crippen molar-refractivity contribution in [3.63, 3.8) is 0 Å². The van der Waals surface area contributed by atoms with Gasteiger partial charge in [-0.2, -0.15) is 0 Å². The van der Waals surface area contributed by atoms with Crippen LogP contribution in [0, 0.1) is 6.92 Å². The lowest BCUT2D eigenvalue weighted by atomic mass is 10.2. The first-order valence-electron chi connectivity index (χ1n) is 5.19. The molecule has 0 aliphatic carbocycles. The van der Waals surface area contributed by atoms with Gasteiger partial charge in [-0.15, -0.1) is 11.3 Å². The second-order valence-electron chi connectivity index (χ2n) is 3.43. The number of hydrogen-bond donors (Lipinski definition) is 1. The van der Waals surface area contributed by atoms with Crippen molar-refractivity contribution >= 4 is 27.3 Å². The van der Waals surface area contributed by atoms with Gasteiger partial charge < -0.3 is 5.32 Å². The minimum atomic E-state index is 1.09. The van der Waals surface area contributed by atoms with Gasteiger partial charge in [-0.25, -0.2) is 0 Å². The lowest BCUT2D eigenvalue weighted by molar-refractivity contribution is 0.643. The normalized spacial score (nSPS) is 10.8. The first kappa shape index (κ1) is 12.2. The Hall–Kier alpha value is 0.140. The summed E-state index contributed by atoms with van der Waals surface area (Å²) in [5.41, 5.74) is 0. The molecule has 1 aromatic heterocycles. The monoisotopic (exact) mass is 275 g/mol. The number of hydrogen-bond acceptors (Lipinski definition) is 2.